The first-order chi connectivity index (χ1) is 11.6. The summed E-state index contributed by atoms with van der Waals surface area (Å²) in [7, 11) is 1.84. The second kappa shape index (κ2) is 7.31. The summed E-state index contributed by atoms with van der Waals surface area (Å²) >= 11 is 1.33. The van der Waals surface area contributed by atoms with Crippen molar-refractivity contribution < 1.29 is 4.79 Å². The zero-order chi connectivity index (χ0) is 16.9. The largest absolute Gasteiger partial charge is 0.312 e. The Hall–Kier alpha value is -2.61. The van der Waals surface area contributed by atoms with Crippen LogP contribution in [-0.2, 0) is 18.4 Å². The number of anilines is 1. The molecule has 0 bridgehead atoms. The minimum Gasteiger partial charge on any atom is -0.312 e. The average molecular weight is 342 g/mol. The highest BCUT2D eigenvalue weighted by atomic mass is 32.2. The molecule has 24 heavy (non-hydrogen) atoms. The van der Waals surface area contributed by atoms with Crippen LogP contribution in [0.25, 0.3) is 0 Å². The number of hydrogen-bond donors (Lipinski definition) is 1. The number of carbonyl (C=O) groups is 1. The summed E-state index contributed by atoms with van der Waals surface area (Å²) in [5.41, 5.74) is 2.39. The number of rotatable bonds is 6. The smallest absolute Gasteiger partial charge is 0.236 e. The third-order valence-electron chi connectivity index (χ3n) is 3.34. The molecular formula is C16H18N6OS. The maximum Gasteiger partial charge on any atom is 0.236 e. The van der Waals surface area contributed by atoms with Gasteiger partial charge in [0.25, 0.3) is 0 Å². The van der Waals surface area contributed by atoms with E-state index < -0.39 is 0 Å². The van der Waals surface area contributed by atoms with Crippen LogP contribution in [-0.4, -0.2) is 36.2 Å². The molecular weight excluding hydrogens is 324 g/mol. The molecule has 0 radical (unpaired) electrons. The van der Waals surface area contributed by atoms with Gasteiger partial charge in [-0.05, 0) is 12.5 Å². The lowest BCUT2D eigenvalue weighted by atomic mass is 10.1. The van der Waals surface area contributed by atoms with Crippen LogP contribution in [0.2, 0.25) is 0 Å². The lowest BCUT2D eigenvalue weighted by molar-refractivity contribution is -0.113. The third-order valence-corrected chi connectivity index (χ3v) is 4.37. The second-order valence-corrected chi connectivity index (χ2v) is 6.39. The van der Waals surface area contributed by atoms with Crippen molar-refractivity contribution in [1.29, 1.82) is 0 Å². The zero-order valence-electron chi connectivity index (χ0n) is 13.5. The second-order valence-electron chi connectivity index (χ2n) is 5.45. The fourth-order valence-electron chi connectivity index (χ4n) is 2.23. The van der Waals surface area contributed by atoms with Gasteiger partial charge < -0.3 is 9.88 Å². The zero-order valence-corrected chi connectivity index (χ0v) is 14.3. The van der Waals surface area contributed by atoms with Crippen LogP contribution in [0.4, 0.5) is 5.82 Å². The van der Waals surface area contributed by atoms with E-state index in [1.54, 1.807) is 21.6 Å². The molecule has 0 aliphatic heterocycles. The number of hydrogen-bond acceptors (Lipinski definition) is 5. The Bertz CT molecular complexity index is 840. The highest BCUT2D eigenvalue weighted by Gasteiger charge is 2.09. The van der Waals surface area contributed by atoms with Crippen LogP contribution in [0.15, 0.2) is 48.0 Å². The molecule has 2 heterocycles. The van der Waals surface area contributed by atoms with Crippen LogP contribution in [0.3, 0.4) is 0 Å². The molecule has 1 N–H and O–H groups in total. The first-order valence-corrected chi connectivity index (χ1v) is 8.44. The van der Waals surface area contributed by atoms with Gasteiger partial charge in [-0.15, -0.1) is 10.2 Å². The average Bonchev–Trinajstić information content (AvgIpc) is 3.14. The Kier molecular flexibility index (Phi) is 4.95. The van der Waals surface area contributed by atoms with Crippen molar-refractivity contribution >= 4 is 23.5 Å². The lowest BCUT2D eigenvalue weighted by Crippen LogP contribution is -2.15. The van der Waals surface area contributed by atoms with Crippen LogP contribution in [0.1, 0.15) is 11.1 Å². The van der Waals surface area contributed by atoms with E-state index in [1.807, 2.05) is 19.3 Å². The fraction of sp³-hybridized carbons (Fsp3) is 0.250. The van der Waals surface area contributed by atoms with Crippen molar-refractivity contribution in [3.8, 4) is 0 Å². The van der Waals surface area contributed by atoms with Gasteiger partial charge >= 0.3 is 0 Å². The highest BCUT2D eigenvalue weighted by Crippen LogP contribution is 2.14. The standard InChI is InChI=1S/C16H18N6OS/c1-12-4-3-5-13(8-12)9-22-7-6-14(20-22)18-15(23)10-24-16-19-17-11-21(16)2/h3-8,11H,9-10H2,1-2H3,(H,18,20,23). The third kappa shape index (κ3) is 4.23. The fourth-order valence-corrected chi connectivity index (χ4v) is 2.91. The monoisotopic (exact) mass is 342 g/mol. The summed E-state index contributed by atoms with van der Waals surface area (Å²) in [6, 6.07) is 10.1. The van der Waals surface area contributed by atoms with Gasteiger partial charge in [-0.2, -0.15) is 5.10 Å². The molecule has 2 aromatic heterocycles. The van der Waals surface area contributed by atoms with Crippen molar-refractivity contribution in [2.24, 2.45) is 7.05 Å². The maximum absolute atomic E-state index is 12.0. The van der Waals surface area contributed by atoms with Crippen LogP contribution in [0, 0.1) is 6.92 Å². The summed E-state index contributed by atoms with van der Waals surface area (Å²) < 4.78 is 3.58. The van der Waals surface area contributed by atoms with Crippen molar-refractivity contribution in [2.45, 2.75) is 18.6 Å². The van der Waals surface area contributed by atoms with Crippen molar-refractivity contribution in [3.05, 3.63) is 54.0 Å². The van der Waals surface area contributed by atoms with E-state index in [4.69, 9.17) is 0 Å². The van der Waals surface area contributed by atoms with E-state index in [0.717, 1.165) is 0 Å². The number of aromatic nitrogens is 5. The van der Waals surface area contributed by atoms with Crippen LogP contribution < -0.4 is 5.32 Å². The van der Waals surface area contributed by atoms with E-state index in [0.29, 0.717) is 17.5 Å². The number of nitrogens with one attached hydrogen (secondary N) is 1. The summed E-state index contributed by atoms with van der Waals surface area (Å²) in [5, 5.41) is 15.6. The van der Waals surface area contributed by atoms with E-state index >= 15 is 0 Å². The van der Waals surface area contributed by atoms with E-state index in [9.17, 15) is 4.79 Å². The van der Waals surface area contributed by atoms with Gasteiger partial charge in [0.1, 0.15) is 6.33 Å². The summed E-state index contributed by atoms with van der Waals surface area (Å²) in [4.78, 5) is 12.0. The lowest BCUT2D eigenvalue weighted by Gasteiger charge is -2.04. The molecule has 1 amide bonds. The van der Waals surface area contributed by atoms with Gasteiger partial charge in [0, 0.05) is 19.3 Å². The predicted molar refractivity (Wildman–Crippen MR) is 92.9 cm³/mol. The minimum absolute atomic E-state index is 0.121. The number of thioether (sulfide) groups is 1. The van der Waals surface area contributed by atoms with Crippen LogP contribution >= 0.6 is 11.8 Å². The molecule has 124 valence electrons. The predicted octanol–water partition coefficient (Wildman–Crippen LogP) is 2.10. The number of amides is 1. The molecule has 8 heteroatoms. The Morgan fingerprint density at radius 1 is 1.33 bits per heavy atom. The van der Waals surface area contributed by atoms with E-state index in [2.05, 4.69) is 45.7 Å². The SMILES string of the molecule is Cc1cccc(Cn2ccc(NC(=O)CSc3nncn3C)n2)c1. The molecule has 3 rings (SSSR count). The number of aryl methyl sites for hydroxylation is 2. The molecule has 1 aromatic carbocycles. The highest BCUT2D eigenvalue weighted by molar-refractivity contribution is 7.99. The molecule has 7 nitrogen and oxygen atoms in total. The Balaban J connectivity index is 1.53. The Labute approximate surface area is 144 Å². The van der Waals surface area contributed by atoms with Gasteiger partial charge in [0.05, 0.1) is 12.3 Å². The first kappa shape index (κ1) is 16.3. The van der Waals surface area contributed by atoms with Crippen LogP contribution in [0.5, 0.6) is 0 Å². The van der Waals surface area contributed by atoms with Crippen molar-refractivity contribution in [2.75, 3.05) is 11.1 Å². The van der Waals surface area contributed by atoms with Gasteiger partial charge in [0.2, 0.25) is 5.91 Å². The topological polar surface area (TPSA) is 77.6 Å². The van der Waals surface area contributed by atoms with Gasteiger partial charge in [0.15, 0.2) is 11.0 Å². The summed E-state index contributed by atoms with van der Waals surface area (Å²) in [5.74, 6) is 0.687. The maximum atomic E-state index is 12.0. The molecule has 0 aliphatic carbocycles. The Morgan fingerprint density at radius 3 is 2.96 bits per heavy atom. The molecule has 3 aromatic rings. The molecule has 0 saturated carbocycles. The summed E-state index contributed by atoms with van der Waals surface area (Å²) in [6.07, 6.45) is 3.46. The number of nitrogens with zero attached hydrogens (tertiary/aromatic N) is 5. The van der Waals surface area contributed by atoms with E-state index in [-0.39, 0.29) is 11.7 Å². The molecule has 0 unspecified atom stereocenters. The van der Waals surface area contributed by atoms with E-state index in [1.165, 1.54) is 22.9 Å². The van der Waals surface area contributed by atoms with Gasteiger partial charge in [-0.1, -0.05) is 41.6 Å². The first-order valence-electron chi connectivity index (χ1n) is 7.46. The number of benzene rings is 1. The number of carbonyl (C=O) groups excluding carboxylic acids is 1. The summed E-state index contributed by atoms with van der Waals surface area (Å²) in [6.45, 7) is 2.73. The van der Waals surface area contributed by atoms with Crippen molar-refractivity contribution in [1.82, 2.24) is 24.5 Å². The molecule has 0 saturated heterocycles. The van der Waals surface area contributed by atoms with Crippen molar-refractivity contribution in [3.63, 3.8) is 0 Å². The molecule has 0 spiro atoms. The van der Waals surface area contributed by atoms with Gasteiger partial charge in [-0.25, -0.2) is 0 Å². The molecule has 0 aliphatic rings. The Morgan fingerprint density at radius 2 is 2.21 bits per heavy atom. The minimum atomic E-state index is -0.121. The van der Waals surface area contributed by atoms with Gasteiger partial charge in [-0.3, -0.25) is 9.48 Å². The normalized spacial score (nSPS) is 10.8. The molecule has 0 atom stereocenters. The quantitative estimate of drug-likeness (QED) is 0.694. The molecule has 0 fully saturated rings.